The van der Waals surface area contributed by atoms with Crippen molar-refractivity contribution in [2.75, 3.05) is 0 Å². The van der Waals surface area contributed by atoms with Gasteiger partial charge in [0, 0.05) is 0 Å². The van der Waals surface area contributed by atoms with Gasteiger partial charge in [-0.2, -0.15) is 0 Å². The molecule has 0 aromatic heterocycles. The lowest BCUT2D eigenvalue weighted by Gasteiger charge is -2.15. The van der Waals surface area contributed by atoms with Crippen LogP contribution >= 0.6 is 0 Å². The van der Waals surface area contributed by atoms with Gasteiger partial charge in [0.1, 0.15) is 0 Å². The molecule has 0 aliphatic heterocycles. The minimum Gasteiger partial charge on any atom is -0.0616 e. The van der Waals surface area contributed by atoms with Crippen molar-refractivity contribution in [1.82, 2.24) is 0 Å². The highest BCUT2D eigenvalue weighted by Gasteiger charge is 2.22. The SMILES string of the molecule is c1cc(-c2ccc3cc(-c4ccc5c6c(cccc46)-c4ccccc4-5)ccc3c2)cc(-c2cc3ccccc3c3c2ccc2ccccc23)c1. The maximum Gasteiger partial charge on any atom is -0.00201 e. The molecule has 11 rings (SSSR count). The van der Waals surface area contributed by atoms with Crippen LogP contribution in [0.25, 0.3) is 109 Å². The van der Waals surface area contributed by atoms with E-state index in [9.17, 15) is 0 Å². The number of fused-ring (bicyclic) bond motifs is 9. The fourth-order valence-electron chi connectivity index (χ4n) is 8.63. The van der Waals surface area contributed by atoms with E-state index in [2.05, 4.69) is 182 Å². The van der Waals surface area contributed by atoms with E-state index < -0.39 is 0 Å². The van der Waals surface area contributed by atoms with Gasteiger partial charge < -0.3 is 0 Å². The predicted molar refractivity (Wildman–Crippen MR) is 215 cm³/mol. The zero-order chi connectivity index (χ0) is 32.8. The molecule has 0 fully saturated rings. The van der Waals surface area contributed by atoms with Crippen molar-refractivity contribution in [3.8, 4) is 55.6 Å². The molecule has 0 heterocycles. The molecular formula is C50H30. The Morgan fingerprint density at radius 1 is 0.200 bits per heavy atom. The zero-order valence-electron chi connectivity index (χ0n) is 27.3. The van der Waals surface area contributed by atoms with Crippen molar-refractivity contribution in [2.45, 2.75) is 0 Å². The molecule has 0 spiro atoms. The topological polar surface area (TPSA) is 0 Å². The molecule has 0 saturated carbocycles. The van der Waals surface area contributed by atoms with Crippen molar-refractivity contribution in [3.63, 3.8) is 0 Å². The van der Waals surface area contributed by atoms with Crippen LogP contribution in [0.2, 0.25) is 0 Å². The van der Waals surface area contributed by atoms with Crippen LogP contribution in [-0.2, 0) is 0 Å². The number of benzene rings is 10. The summed E-state index contributed by atoms with van der Waals surface area (Å²) in [5.41, 5.74) is 12.8. The molecule has 0 unspecified atom stereocenters. The second-order valence-electron chi connectivity index (χ2n) is 13.6. The van der Waals surface area contributed by atoms with Gasteiger partial charge in [-0.25, -0.2) is 0 Å². The van der Waals surface area contributed by atoms with E-state index in [0.717, 1.165) is 0 Å². The summed E-state index contributed by atoms with van der Waals surface area (Å²) < 4.78 is 0. The van der Waals surface area contributed by atoms with E-state index in [0.29, 0.717) is 0 Å². The molecule has 230 valence electrons. The van der Waals surface area contributed by atoms with Crippen LogP contribution in [0.1, 0.15) is 0 Å². The van der Waals surface area contributed by atoms with Gasteiger partial charge in [-0.1, -0.05) is 158 Å². The minimum absolute atomic E-state index is 1.22. The third-order valence-electron chi connectivity index (χ3n) is 11.0. The normalized spacial score (nSPS) is 12.0. The van der Waals surface area contributed by atoms with Crippen LogP contribution in [0.3, 0.4) is 0 Å². The third kappa shape index (κ3) is 4.00. The lowest BCUT2D eigenvalue weighted by atomic mass is 9.89. The van der Waals surface area contributed by atoms with Crippen LogP contribution in [0, 0.1) is 0 Å². The van der Waals surface area contributed by atoms with E-state index in [4.69, 9.17) is 0 Å². The summed E-state index contributed by atoms with van der Waals surface area (Å²) in [4.78, 5) is 0. The van der Waals surface area contributed by atoms with Crippen LogP contribution in [0.4, 0.5) is 0 Å². The Labute approximate surface area is 290 Å². The third-order valence-corrected chi connectivity index (χ3v) is 11.0. The summed E-state index contributed by atoms with van der Waals surface area (Å²) in [6, 6.07) is 67.5. The van der Waals surface area contributed by atoms with Crippen molar-refractivity contribution in [1.29, 1.82) is 0 Å². The van der Waals surface area contributed by atoms with Crippen LogP contribution in [-0.4, -0.2) is 0 Å². The fourth-order valence-corrected chi connectivity index (χ4v) is 8.63. The van der Waals surface area contributed by atoms with E-state index in [1.165, 1.54) is 109 Å². The highest BCUT2D eigenvalue weighted by atomic mass is 14.2. The molecule has 10 aromatic carbocycles. The summed E-state index contributed by atoms with van der Waals surface area (Å²) in [6.07, 6.45) is 0. The zero-order valence-corrected chi connectivity index (χ0v) is 27.3. The lowest BCUT2D eigenvalue weighted by Crippen LogP contribution is -1.88. The Morgan fingerprint density at radius 2 is 0.720 bits per heavy atom. The summed E-state index contributed by atoms with van der Waals surface area (Å²) in [5.74, 6) is 0. The van der Waals surface area contributed by atoms with Gasteiger partial charge in [-0.15, -0.1) is 0 Å². The average molecular weight is 631 g/mol. The van der Waals surface area contributed by atoms with Gasteiger partial charge in [-0.3, -0.25) is 0 Å². The Hall–Kier alpha value is -6.50. The Kier molecular flexibility index (Phi) is 5.76. The molecule has 0 nitrogen and oxygen atoms in total. The Bertz CT molecular complexity index is 2990. The summed E-state index contributed by atoms with van der Waals surface area (Å²) in [7, 11) is 0. The van der Waals surface area contributed by atoms with Crippen molar-refractivity contribution in [3.05, 3.63) is 182 Å². The first-order chi connectivity index (χ1) is 24.8. The maximum atomic E-state index is 2.37. The first-order valence-corrected chi connectivity index (χ1v) is 17.4. The van der Waals surface area contributed by atoms with Gasteiger partial charge in [0.15, 0.2) is 0 Å². The molecule has 1 aliphatic carbocycles. The number of hydrogen-bond donors (Lipinski definition) is 0. The number of hydrogen-bond acceptors (Lipinski definition) is 0. The van der Waals surface area contributed by atoms with Crippen molar-refractivity contribution >= 4 is 53.9 Å². The molecule has 50 heavy (non-hydrogen) atoms. The maximum absolute atomic E-state index is 2.37. The molecule has 1 aliphatic rings. The summed E-state index contributed by atoms with van der Waals surface area (Å²) >= 11 is 0. The first kappa shape index (κ1) is 27.5. The van der Waals surface area contributed by atoms with Crippen LogP contribution in [0.5, 0.6) is 0 Å². The first-order valence-electron chi connectivity index (χ1n) is 17.4. The summed E-state index contributed by atoms with van der Waals surface area (Å²) in [6.45, 7) is 0. The van der Waals surface area contributed by atoms with E-state index in [1.54, 1.807) is 0 Å². The molecule has 0 amide bonds. The highest BCUT2D eigenvalue weighted by molar-refractivity contribution is 6.24. The minimum atomic E-state index is 1.22. The lowest BCUT2D eigenvalue weighted by molar-refractivity contribution is 1.62. The number of rotatable bonds is 3. The molecule has 0 N–H and O–H groups in total. The van der Waals surface area contributed by atoms with E-state index in [-0.39, 0.29) is 0 Å². The second kappa shape index (κ2) is 10.5. The van der Waals surface area contributed by atoms with Crippen molar-refractivity contribution in [2.24, 2.45) is 0 Å². The van der Waals surface area contributed by atoms with E-state index in [1.807, 2.05) is 0 Å². The molecular weight excluding hydrogens is 601 g/mol. The fraction of sp³-hybridized carbons (Fsp3) is 0. The highest BCUT2D eigenvalue weighted by Crippen LogP contribution is 2.49. The Balaban J connectivity index is 1.01. The Morgan fingerprint density at radius 3 is 1.56 bits per heavy atom. The smallest absolute Gasteiger partial charge is 0.00201 e. The molecule has 10 aromatic rings. The van der Waals surface area contributed by atoms with Gasteiger partial charge >= 0.3 is 0 Å². The predicted octanol–water partition coefficient (Wildman–Crippen LogP) is 14.1. The quantitative estimate of drug-likeness (QED) is 0.170. The molecule has 0 bridgehead atoms. The molecule has 0 radical (unpaired) electrons. The standard InChI is InChI=1S/C50H30/c1-3-13-40-31(9-1)23-24-47-48(30-37-10-2-4-14-41(37)49(40)47)36-12-7-11-32(28-36)33-19-20-35-29-38(22-21-34(35)27-33)39-25-26-46-43-16-6-5-15-42(43)45-18-8-17-44(39)50(45)46/h1-30H. The summed E-state index contributed by atoms with van der Waals surface area (Å²) in [5, 5.41) is 12.9. The largest absolute Gasteiger partial charge is 0.0616 e. The molecule has 0 atom stereocenters. The van der Waals surface area contributed by atoms with Crippen molar-refractivity contribution < 1.29 is 0 Å². The average Bonchev–Trinajstić information content (AvgIpc) is 3.52. The monoisotopic (exact) mass is 630 g/mol. The van der Waals surface area contributed by atoms with Crippen LogP contribution < -0.4 is 0 Å². The van der Waals surface area contributed by atoms with Gasteiger partial charge in [0.05, 0.1) is 0 Å². The van der Waals surface area contributed by atoms with E-state index >= 15 is 0 Å². The van der Waals surface area contributed by atoms with Gasteiger partial charge in [-0.05, 0) is 134 Å². The molecule has 0 heteroatoms. The molecule has 0 saturated heterocycles. The van der Waals surface area contributed by atoms with Gasteiger partial charge in [0.25, 0.3) is 0 Å². The van der Waals surface area contributed by atoms with Crippen LogP contribution in [0.15, 0.2) is 182 Å². The van der Waals surface area contributed by atoms with Gasteiger partial charge in [0.2, 0.25) is 0 Å². The second-order valence-corrected chi connectivity index (χ2v) is 13.6.